The normalized spacial score (nSPS) is 17.5. The Balaban J connectivity index is 3.86. The van der Waals surface area contributed by atoms with E-state index in [1.807, 2.05) is 0 Å². The average molecular weight is 173 g/mol. The van der Waals surface area contributed by atoms with Gasteiger partial charge < -0.3 is 10.4 Å². The van der Waals surface area contributed by atoms with E-state index >= 15 is 0 Å². The molecule has 0 spiro atoms. The predicted octanol–water partition coefficient (Wildman–Crippen LogP) is 1.78. The lowest BCUT2D eigenvalue weighted by molar-refractivity contribution is 0.161. The van der Waals surface area contributed by atoms with Gasteiger partial charge in [-0.1, -0.05) is 20.3 Å². The predicted molar refractivity (Wildman–Crippen MR) is 53.2 cm³/mol. The standard InChI is InChI=1S/C10H23NO/c1-6-8(2)10(4,5)11-7-9(3)12/h8-9,11-12H,6-7H2,1-5H3. The highest BCUT2D eigenvalue weighted by Gasteiger charge is 2.23. The van der Waals surface area contributed by atoms with Crippen molar-refractivity contribution >= 4 is 0 Å². The van der Waals surface area contributed by atoms with Crippen molar-refractivity contribution < 1.29 is 5.11 Å². The molecule has 0 aromatic rings. The van der Waals surface area contributed by atoms with Gasteiger partial charge in [0.1, 0.15) is 0 Å². The molecule has 74 valence electrons. The van der Waals surface area contributed by atoms with E-state index in [1.165, 1.54) is 6.42 Å². The third-order valence-corrected chi connectivity index (χ3v) is 2.70. The Morgan fingerprint density at radius 1 is 1.33 bits per heavy atom. The zero-order valence-electron chi connectivity index (χ0n) is 9.02. The maximum atomic E-state index is 9.11. The van der Waals surface area contributed by atoms with Crippen LogP contribution >= 0.6 is 0 Å². The molecule has 0 aromatic carbocycles. The Morgan fingerprint density at radius 2 is 1.83 bits per heavy atom. The minimum Gasteiger partial charge on any atom is -0.392 e. The third-order valence-electron chi connectivity index (χ3n) is 2.70. The summed E-state index contributed by atoms with van der Waals surface area (Å²) in [6, 6.07) is 0. The van der Waals surface area contributed by atoms with E-state index in [2.05, 4.69) is 33.0 Å². The molecule has 0 saturated carbocycles. The van der Waals surface area contributed by atoms with Gasteiger partial charge in [-0.15, -0.1) is 0 Å². The molecular formula is C10H23NO. The molecule has 0 bridgehead atoms. The summed E-state index contributed by atoms with van der Waals surface area (Å²) < 4.78 is 0. The molecule has 2 N–H and O–H groups in total. The first-order chi connectivity index (χ1) is 5.40. The molecule has 0 saturated heterocycles. The molecule has 0 aliphatic rings. The van der Waals surface area contributed by atoms with E-state index in [-0.39, 0.29) is 11.6 Å². The lowest BCUT2D eigenvalue weighted by Gasteiger charge is -2.33. The molecule has 12 heavy (non-hydrogen) atoms. The smallest absolute Gasteiger partial charge is 0.0636 e. The third kappa shape index (κ3) is 4.07. The van der Waals surface area contributed by atoms with Crippen molar-refractivity contribution in [1.29, 1.82) is 0 Å². The summed E-state index contributed by atoms with van der Waals surface area (Å²) in [6.07, 6.45) is 0.910. The van der Waals surface area contributed by atoms with Crippen molar-refractivity contribution in [3.8, 4) is 0 Å². The second kappa shape index (κ2) is 4.83. The fourth-order valence-corrected chi connectivity index (χ4v) is 1.10. The van der Waals surface area contributed by atoms with Gasteiger partial charge in [0.05, 0.1) is 6.10 Å². The SMILES string of the molecule is CCC(C)C(C)(C)NCC(C)O. The van der Waals surface area contributed by atoms with Crippen molar-refractivity contribution in [3.05, 3.63) is 0 Å². The number of nitrogens with one attached hydrogen (secondary N) is 1. The minimum atomic E-state index is -0.256. The van der Waals surface area contributed by atoms with Gasteiger partial charge >= 0.3 is 0 Å². The van der Waals surface area contributed by atoms with Gasteiger partial charge in [-0.2, -0.15) is 0 Å². The summed E-state index contributed by atoms with van der Waals surface area (Å²) >= 11 is 0. The quantitative estimate of drug-likeness (QED) is 0.664. The highest BCUT2D eigenvalue weighted by Crippen LogP contribution is 2.18. The van der Waals surface area contributed by atoms with Crippen molar-refractivity contribution in [2.24, 2.45) is 5.92 Å². The van der Waals surface area contributed by atoms with Crippen LogP contribution in [-0.4, -0.2) is 23.3 Å². The van der Waals surface area contributed by atoms with E-state index in [1.54, 1.807) is 6.92 Å². The van der Waals surface area contributed by atoms with Crippen molar-refractivity contribution in [2.45, 2.75) is 52.7 Å². The summed E-state index contributed by atoms with van der Waals surface area (Å²) in [5.41, 5.74) is 0.131. The summed E-state index contributed by atoms with van der Waals surface area (Å²) in [4.78, 5) is 0. The van der Waals surface area contributed by atoms with Gasteiger partial charge in [0, 0.05) is 12.1 Å². The maximum absolute atomic E-state index is 9.11. The Labute approximate surface area is 76.4 Å². The molecule has 0 aromatic heterocycles. The van der Waals surface area contributed by atoms with Gasteiger partial charge in [-0.25, -0.2) is 0 Å². The molecule has 0 heterocycles. The fourth-order valence-electron chi connectivity index (χ4n) is 1.10. The number of aliphatic hydroxyl groups excluding tert-OH is 1. The van der Waals surface area contributed by atoms with Crippen LogP contribution in [0.15, 0.2) is 0 Å². The van der Waals surface area contributed by atoms with Crippen molar-refractivity contribution in [1.82, 2.24) is 5.32 Å². The highest BCUT2D eigenvalue weighted by molar-refractivity contribution is 4.83. The van der Waals surface area contributed by atoms with E-state index in [0.29, 0.717) is 12.5 Å². The topological polar surface area (TPSA) is 32.3 Å². The molecule has 0 amide bonds. The van der Waals surface area contributed by atoms with Gasteiger partial charge in [0.15, 0.2) is 0 Å². The van der Waals surface area contributed by atoms with Crippen LogP contribution < -0.4 is 5.32 Å². The number of rotatable bonds is 5. The van der Waals surface area contributed by atoms with Crippen LogP contribution in [0, 0.1) is 5.92 Å². The minimum absolute atomic E-state index is 0.131. The fraction of sp³-hybridized carbons (Fsp3) is 1.00. The molecule has 2 nitrogen and oxygen atoms in total. The lowest BCUT2D eigenvalue weighted by Crippen LogP contribution is -2.47. The first-order valence-electron chi connectivity index (χ1n) is 4.83. The van der Waals surface area contributed by atoms with E-state index in [9.17, 15) is 0 Å². The monoisotopic (exact) mass is 173 g/mol. The van der Waals surface area contributed by atoms with Crippen LogP contribution in [-0.2, 0) is 0 Å². The summed E-state index contributed by atoms with van der Waals surface area (Å²) in [5, 5.41) is 12.5. The summed E-state index contributed by atoms with van der Waals surface area (Å²) in [5.74, 6) is 0.635. The highest BCUT2D eigenvalue weighted by atomic mass is 16.3. The molecule has 2 heteroatoms. The van der Waals surface area contributed by atoms with Crippen LogP contribution in [0.3, 0.4) is 0 Å². The first kappa shape index (κ1) is 11.9. The largest absolute Gasteiger partial charge is 0.392 e. The van der Waals surface area contributed by atoms with E-state index < -0.39 is 0 Å². The van der Waals surface area contributed by atoms with Crippen LogP contribution in [0.1, 0.15) is 41.0 Å². The molecule has 0 fully saturated rings. The van der Waals surface area contributed by atoms with Crippen LogP contribution in [0.2, 0.25) is 0 Å². The van der Waals surface area contributed by atoms with Gasteiger partial charge in [-0.05, 0) is 26.7 Å². The summed E-state index contributed by atoms with van der Waals surface area (Å²) in [7, 11) is 0. The van der Waals surface area contributed by atoms with Crippen molar-refractivity contribution in [3.63, 3.8) is 0 Å². The second-order valence-electron chi connectivity index (χ2n) is 4.26. The van der Waals surface area contributed by atoms with Crippen LogP contribution in [0.5, 0.6) is 0 Å². The number of β-amino-alcohol motifs (C(OH)–C–C–N with tert-alkyl or cyclic N) is 1. The Kier molecular flexibility index (Phi) is 4.80. The average Bonchev–Trinajstić information content (AvgIpc) is 1.99. The summed E-state index contributed by atoms with van der Waals surface area (Å²) in [6.45, 7) is 11.3. The molecule has 0 aliphatic carbocycles. The van der Waals surface area contributed by atoms with Gasteiger partial charge in [0.25, 0.3) is 0 Å². The van der Waals surface area contributed by atoms with Crippen molar-refractivity contribution in [2.75, 3.05) is 6.54 Å². The van der Waals surface area contributed by atoms with Crippen LogP contribution in [0.4, 0.5) is 0 Å². The Hall–Kier alpha value is -0.0800. The van der Waals surface area contributed by atoms with Gasteiger partial charge in [0.2, 0.25) is 0 Å². The molecule has 0 radical (unpaired) electrons. The number of aliphatic hydroxyl groups is 1. The molecular weight excluding hydrogens is 150 g/mol. The van der Waals surface area contributed by atoms with E-state index in [4.69, 9.17) is 5.11 Å². The molecule has 0 aliphatic heterocycles. The van der Waals surface area contributed by atoms with E-state index in [0.717, 1.165) is 0 Å². The van der Waals surface area contributed by atoms with Crippen LogP contribution in [0.25, 0.3) is 0 Å². The first-order valence-corrected chi connectivity index (χ1v) is 4.83. The lowest BCUT2D eigenvalue weighted by atomic mass is 9.87. The molecule has 0 rings (SSSR count). The second-order valence-corrected chi connectivity index (χ2v) is 4.26. The Morgan fingerprint density at radius 3 is 2.17 bits per heavy atom. The number of hydrogen-bond acceptors (Lipinski definition) is 2. The molecule has 2 atom stereocenters. The Bertz CT molecular complexity index is 121. The maximum Gasteiger partial charge on any atom is 0.0636 e. The zero-order chi connectivity index (χ0) is 9.78. The zero-order valence-corrected chi connectivity index (χ0v) is 9.02. The van der Waals surface area contributed by atoms with Gasteiger partial charge in [-0.3, -0.25) is 0 Å². The number of hydrogen-bond donors (Lipinski definition) is 2. The molecule has 2 unspecified atom stereocenters.